The quantitative estimate of drug-likeness (QED) is 0.353. The summed E-state index contributed by atoms with van der Waals surface area (Å²) in [6.45, 7) is 0. The normalized spacial score (nSPS) is 0. The summed E-state index contributed by atoms with van der Waals surface area (Å²) < 4.78 is 0. The van der Waals surface area contributed by atoms with Crippen LogP contribution >= 0.6 is 0 Å². The van der Waals surface area contributed by atoms with Crippen molar-refractivity contribution in [1.29, 1.82) is 0 Å². The first kappa shape index (κ1) is 60.0. The fraction of sp³-hybridized carbons (Fsp3) is 0. The topological polar surface area (TPSA) is 31.5 Å². The van der Waals surface area contributed by atoms with E-state index in [4.69, 9.17) is 0 Å². The summed E-state index contributed by atoms with van der Waals surface area (Å²) in [7, 11) is 0. The van der Waals surface area contributed by atoms with Gasteiger partial charge < -0.3 is 5.48 Å². The molecular formula is H14Ge2OSi. The number of hydrogen-bond acceptors (Lipinski definition) is 0. The number of hydrogen-bond donors (Lipinski definition) is 0. The molecule has 0 aliphatic carbocycles. The summed E-state index contributed by atoms with van der Waals surface area (Å²) in [5.74, 6) is 0. The molecule has 0 amide bonds. The van der Waals surface area contributed by atoms with E-state index in [1.807, 2.05) is 0 Å². The van der Waals surface area contributed by atoms with E-state index in [9.17, 15) is 0 Å². The van der Waals surface area contributed by atoms with Gasteiger partial charge in [0, 0.05) is 0 Å². The maximum absolute atomic E-state index is 0. The Hall–Kier alpha value is 1.26. The molecule has 0 aromatic heterocycles. The van der Waals surface area contributed by atoms with Gasteiger partial charge in [0.05, 0.1) is 0 Å². The predicted molar refractivity (Wildman–Crippen MR) is 37.6 cm³/mol. The van der Waals surface area contributed by atoms with Crippen LogP contribution in [0, 0.1) is 0 Å². The summed E-state index contributed by atoms with van der Waals surface area (Å²) in [6.07, 6.45) is 0. The molecule has 0 heterocycles. The van der Waals surface area contributed by atoms with Crippen LogP contribution in [0.5, 0.6) is 0 Å². The number of rotatable bonds is 0. The van der Waals surface area contributed by atoms with Crippen molar-refractivity contribution in [3.8, 4) is 0 Å². The van der Waals surface area contributed by atoms with Gasteiger partial charge in [-0.25, -0.2) is 0 Å². The average Bonchev–Trinajstić information content (AvgIpc) is 0. The molecule has 4 heteroatoms. The van der Waals surface area contributed by atoms with E-state index in [0.29, 0.717) is 0 Å². The van der Waals surface area contributed by atoms with E-state index in [1.165, 1.54) is 0 Å². The van der Waals surface area contributed by atoms with Crippen LogP contribution in [-0.4, -0.2) is 51.6 Å². The third kappa shape index (κ3) is 10.5. The van der Waals surface area contributed by atoms with E-state index < -0.39 is 0 Å². The Labute approximate surface area is 51.8 Å². The summed E-state index contributed by atoms with van der Waals surface area (Å²) in [6, 6.07) is 0. The summed E-state index contributed by atoms with van der Waals surface area (Å²) in [4.78, 5) is 0. The standard InChI is InChI=1S/2GeH4.H2O.H4Si/h2*1H4;1H2;1H4. The maximum atomic E-state index is 0. The molecule has 0 rings (SSSR count). The monoisotopic (exact) mass is 206 g/mol. The summed E-state index contributed by atoms with van der Waals surface area (Å²) in [5, 5.41) is 0. The molecular weight excluding hydrogens is 189 g/mol. The zero-order valence-electron chi connectivity index (χ0n) is 0.500. The second-order valence-electron chi connectivity index (χ2n) is 0. The van der Waals surface area contributed by atoms with Crippen LogP contribution in [0.1, 0.15) is 0 Å². The van der Waals surface area contributed by atoms with E-state index in [0.717, 1.165) is 0 Å². The Morgan fingerprint density at radius 1 is 0.750 bits per heavy atom. The molecule has 1 nitrogen and oxygen atoms in total. The molecule has 0 spiro atoms. The average molecular weight is 203 g/mol. The van der Waals surface area contributed by atoms with Crippen molar-refractivity contribution in [2.45, 2.75) is 0 Å². The van der Waals surface area contributed by atoms with Crippen LogP contribution in [0.2, 0.25) is 0 Å². The molecule has 0 atom stereocenters. The first-order chi connectivity index (χ1) is 0. The van der Waals surface area contributed by atoms with Gasteiger partial charge in [-0.05, 0) is 11.0 Å². The van der Waals surface area contributed by atoms with Crippen molar-refractivity contribution >= 4 is 46.2 Å². The van der Waals surface area contributed by atoms with E-state index in [-0.39, 0.29) is 51.6 Å². The summed E-state index contributed by atoms with van der Waals surface area (Å²) in [5.41, 5.74) is 0. The summed E-state index contributed by atoms with van der Waals surface area (Å²) >= 11 is 0. The molecule has 0 unspecified atom stereocenters. The molecule has 0 saturated heterocycles. The van der Waals surface area contributed by atoms with E-state index in [1.54, 1.807) is 0 Å². The van der Waals surface area contributed by atoms with Crippen molar-refractivity contribution in [3.05, 3.63) is 0 Å². The molecule has 4 heavy (non-hydrogen) atoms. The van der Waals surface area contributed by atoms with Gasteiger partial charge in [0.15, 0.2) is 0 Å². The minimum absolute atomic E-state index is 0. The van der Waals surface area contributed by atoms with Gasteiger partial charge in [0.25, 0.3) is 0 Å². The minimum atomic E-state index is 0. The molecule has 0 aliphatic heterocycles. The molecule has 0 aromatic rings. The van der Waals surface area contributed by atoms with Crippen LogP contribution in [-0.2, 0) is 0 Å². The molecule has 2 N–H and O–H groups in total. The Kier molecular flexibility index (Phi) is 427. The smallest absolute Gasteiger partial charge is 0.0149 e. The SMILES string of the molecule is O.[GeH4].[GeH4].[SiH4]. The zero-order valence-corrected chi connectivity index (χ0v) is 0.500. The molecule has 0 bridgehead atoms. The second-order valence-corrected chi connectivity index (χ2v) is 0. The maximum Gasteiger partial charge on any atom is -0.0149 e. The van der Waals surface area contributed by atoms with Crippen molar-refractivity contribution in [2.24, 2.45) is 0 Å². The zero-order chi connectivity index (χ0) is 0. The first-order valence-corrected chi connectivity index (χ1v) is 0. The van der Waals surface area contributed by atoms with Gasteiger partial charge in [-0.15, -0.1) is 0 Å². The third-order valence-electron chi connectivity index (χ3n) is 0. The van der Waals surface area contributed by atoms with Crippen molar-refractivity contribution < 1.29 is 5.48 Å². The van der Waals surface area contributed by atoms with Crippen LogP contribution in [0.25, 0.3) is 0 Å². The second kappa shape index (κ2) is 28.5. The van der Waals surface area contributed by atoms with Gasteiger partial charge in [-0.1, -0.05) is 0 Å². The molecule has 32 valence electrons. The fourth-order valence-corrected chi connectivity index (χ4v) is 0. The largest absolute Gasteiger partial charge is 0.0149 e. The van der Waals surface area contributed by atoms with E-state index in [2.05, 4.69) is 0 Å². The van der Waals surface area contributed by atoms with Gasteiger partial charge in [-0.2, -0.15) is 0 Å². The van der Waals surface area contributed by atoms with Crippen LogP contribution in [0.3, 0.4) is 0 Å². The van der Waals surface area contributed by atoms with Gasteiger partial charge in [0.1, 0.15) is 0 Å². The Morgan fingerprint density at radius 3 is 0.750 bits per heavy atom. The van der Waals surface area contributed by atoms with Crippen LogP contribution < -0.4 is 0 Å². The Morgan fingerprint density at radius 2 is 0.750 bits per heavy atom. The van der Waals surface area contributed by atoms with Gasteiger partial charge in [0.2, 0.25) is 0 Å². The third-order valence-corrected chi connectivity index (χ3v) is 0. The Balaban J connectivity index is 0. The van der Waals surface area contributed by atoms with E-state index >= 15 is 0 Å². The fourth-order valence-electron chi connectivity index (χ4n) is 0. The van der Waals surface area contributed by atoms with Crippen LogP contribution in [0.4, 0.5) is 0 Å². The minimum Gasteiger partial charge on any atom is -0.0149 e. The predicted octanol–water partition coefficient (Wildman–Crippen LogP) is -5.18. The molecule has 0 saturated carbocycles. The molecule has 0 aliphatic rings. The van der Waals surface area contributed by atoms with Crippen LogP contribution in [0.15, 0.2) is 0 Å². The van der Waals surface area contributed by atoms with Crippen molar-refractivity contribution in [2.75, 3.05) is 0 Å². The van der Waals surface area contributed by atoms with Crippen molar-refractivity contribution in [1.82, 2.24) is 0 Å². The van der Waals surface area contributed by atoms with Crippen molar-refractivity contribution in [3.63, 3.8) is 0 Å². The molecule has 0 aromatic carbocycles. The molecule has 0 radical (unpaired) electrons. The van der Waals surface area contributed by atoms with Gasteiger partial charge >= 0.3 is 35.2 Å². The molecule has 0 fully saturated rings. The van der Waals surface area contributed by atoms with Gasteiger partial charge in [-0.3, -0.25) is 0 Å². The Bertz CT molecular complexity index is 6.00. The first-order valence-electron chi connectivity index (χ1n) is 0.